The molecule has 25 heavy (non-hydrogen) atoms. The first-order valence-electron chi connectivity index (χ1n) is 8.44. The minimum absolute atomic E-state index is 0.0929. The Labute approximate surface area is 152 Å². The summed E-state index contributed by atoms with van der Waals surface area (Å²) in [5, 5.41) is 5.17. The molecule has 0 bridgehead atoms. The average Bonchev–Trinajstić information content (AvgIpc) is 3.32. The quantitative estimate of drug-likeness (QED) is 0.566. The van der Waals surface area contributed by atoms with Crippen molar-refractivity contribution in [2.75, 3.05) is 26.2 Å². The van der Waals surface area contributed by atoms with E-state index in [1.54, 1.807) is 29.5 Å². The van der Waals surface area contributed by atoms with E-state index in [1.165, 1.54) is 15.2 Å². The first-order valence-corrected chi connectivity index (χ1v) is 10.8. The smallest absolute Gasteiger partial charge is 0.243 e. The van der Waals surface area contributed by atoms with E-state index >= 15 is 0 Å². The van der Waals surface area contributed by atoms with E-state index in [2.05, 4.69) is 11.4 Å². The SMILES string of the molecule is O=C(CNCCc1cccs1)c1cccc(S(=O)(=O)N2CCCC2)c1. The summed E-state index contributed by atoms with van der Waals surface area (Å²) in [7, 11) is -3.49. The lowest BCUT2D eigenvalue weighted by Crippen LogP contribution is -2.28. The van der Waals surface area contributed by atoms with E-state index in [-0.39, 0.29) is 17.2 Å². The molecule has 1 fully saturated rings. The number of carbonyl (C=O) groups excluding carboxylic acids is 1. The second kappa shape index (κ2) is 8.23. The number of nitrogens with zero attached hydrogens (tertiary/aromatic N) is 1. The minimum Gasteiger partial charge on any atom is -0.309 e. The summed E-state index contributed by atoms with van der Waals surface area (Å²) in [5.74, 6) is -0.0929. The molecule has 0 atom stereocenters. The van der Waals surface area contributed by atoms with Gasteiger partial charge in [0.1, 0.15) is 0 Å². The van der Waals surface area contributed by atoms with Crippen molar-refractivity contribution >= 4 is 27.1 Å². The zero-order valence-electron chi connectivity index (χ0n) is 14.0. The zero-order chi connectivity index (χ0) is 17.7. The van der Waals surface area contributed by atoms with Gasteiger partial charge in [0.15, 0.2) is 5.78 Å². The van der Waals surface area contributed by atoms with Crippen LogP contribution in [0.2, 0.25) is 0 Å². The molecule has 1 aromatic carbocycles. The molecular formula is C18H22N2O3S2. The van der Waals surface area contributed by atoms with Crippen molar-refractivity contribution < 1.29 is 13.2 Å². The van der Waals surface area contributed by atoms with Crippen LogP contribution in [0.3, 0.4) is 0 Å². The Hall–Kier alpha value is -1.54. The van der Waals surface area contributed by atoms with Crippen molar-refractivity contribution in [1.29, 1.82) is 0 Å². The largest absolute Gasteiger partial charge is 0.309 e. The Balaban J connectivity index is 1.59. The normalized spacial score (nSPS) is 15.5. The Kier molecular flexibility index (Phi) is 6.01. The van der Waals surface area contributed by atoms with Crippen LogP contribution in [0.25, 0.3) is 0 Å². The minimum atomic E-state index is -3.49. The molecule has 2 heterocycles. The zero-order valence-corrected chi connectivity index (χ0v) is 15.6. The van der Waals surface area contributed by atoms with Gasteiger partial charge in [-0.1, -0.05) is 18.2 Å². The number of sulfonamides is 1. The van der Waals surface area contributed by atoms with E-state index in [9.17, 15) is 13.2 Å². The molecule has 0 spiro atoms. The lowest BCUT2D eigenvalue weighted by molar-refractivity contribution is 0.0991. The maximum Gasteiger partial charge on any atom is 0.243 e. The van der Waals surface area contributed by atoms with Crippen molar-refractivity contribution in [2.45, 2.75) is 24.2 Å². The first-order chi connectivity index (χ1) is 12.1. The van der Waals surface area contributed by atoms with E-state index in [0.717, 1.165) is 25.8 Å². The number of carbonyl (C=O) groups is 1. The highest BCUT2D eigenvalue weighted by molar-refractivity contribution is 7.89. The number of thiophene rings is 1. The van der Waals surface area contributed by atoms with Gasteiger partial charge in [-0.25, -0.2) is 8.42 Å². The molecule has 134 valence electrons. The number of benzene rings is 1. The number of nitrogens with one attached hydrogen (secondary N) is 1. The molecule has 0 unspecified atom stereocenters. The molecular weight excluding hydrogens is 356 g/mol. The fraction of sp³-hybridized carbons (Fsp3) is 0.389. The van der Waals surface area contributed by atoms with Crippen LogP contribution in [0.1, 0.15) is 28.1 Å². The molecule has 0 saturated carbocycles. The molecule has 2 aromatic rings. The number of Topliss-reactive ketones (excluding diaryl/α,β-unsaturated/α-hetero) is 1. The fourth-order valence-electron chi connectivity index (χ4n) is 2.88. The van der Waals surface area contributed by atoms with Gasteiger partial charge in [-0.2, -0.15) is 4.31 Å². The molecule has 5 nitrogen and oxygen atoms in total. The second-order valence-electron chi connectivity index (χ2n) is 6.07. The van der Waals surface area contributed by atoms with Gasteiger partial charge < -0.3 is 5.32 Å². The highest BCUT2D eigenvalue weighted by Crippen LogP contribution is 2.21. The van der Waals surface area contributed by atoms with Crippen LogP contribution in [0.5, 0.6) is 0 Å². The monoisotopic (exact) mass is 378 g/mol. The van der Waals surface area contributed by atoms with E-state index in [1.807, 2.05) is 11.4 Å². The third kappa shape index (κ3) is 4.55. The van der Waals surface area contributed by atoms with Gasteiger partial charge in [0.2, 0.25) is 10.0 Å². The molecule has 1 N–H and O–H groups in total. The van der Waals surface area contributed by atoms with Crippen molar-refractivity contribution in [3.05, 3.63) is 52.2 Å². The summed E-state index contributed by atoms with van der Waals surface area (Å²) in [6.07, 6.45) is 2.67. The van der Waals surface area contributed by atoms with Gasteiger partial charge >= 0.3 is 0 Å². The van der Waals surface area contributed by atoms with Crippen molar-refractivity contribution in [2.24, 2.45) is 0 Å². The summed E-state index contributed by atoms with van der Waals surface area (Å²) < 4.78 is 26.7. The van der Waals surface area contributed by atoms with E-state index in [0.29, 0.717) is 18.7 Å². The average molecular weight is 379 g/mol. The maximum atomic E-state index is 12.6. The Bertz CT molecular complexity index is 811. The maximum absolute atomic E-state index is 12.6. The summed E-state index contributed by atoms with van der Waals surface area (Å²) in [6, 6.07) is 10.5. The van der Waals surface area contributed by atoms with Crippen LogP contribution >= 0.6 is 11.3 Å². The number of rotatable bonds is 8. The molecule has 7 heteroatoms. The van der Waals surface area contributed by atoms with Crippen LogP contribution in [-0.2, 0) is 16.4 Å². The number of hydrogen-bond donors (Lipinski definition) is 1. The van der Waals surface area contributed by atoms with E-state index < -0.39 is 10.0 Å². The standard InChI is InChI=1S/C18H22N2O3S2/c21-18(14-19-9-8-16-6-4-12-24-16)15-5-3-7-17(13-15)25(22,23)20-10-1-2-11-20/h3-7,12-13,19H,1-2,8-11,14H2. The third-order valence-corrected chi connectivity index (χ3v) is 7.10. The van der Waals surface area contributed by atoms with Gasteiger partial charge in [0.05, 0.1) is 11.4 Å². The van der Waals surface area contributed by atoms with Crippen LogP contribution in [0.15, 0.2) is 46.7 Å². The summed E-state index contributed by atoms with van der Waals surface area (Å²) in [5.41, 5.74) is 0.434. The topological polar surface area (TPSA) is 66.5 Å². The van der Waals surface area contributed by atoms with Crippen LogP contribution < -0.4 is 5.32 Å². The van der Waals surface area contributed by atoms with Gasteiger partial charge in [0.25, 0.3) is 0 Å². The molecule has 1 aliphatic rings. The second-order valence-corrected chi connectivity index (χ2v) is 9.04. The fourth-order valence-corrected chi connectivity index (χ4v) is 5.15. The Morgan fingerprint density at radius 3 is 2.68 bits per heavy atom. The van der Waals surface area contributed by atoms with Crippen molar-refractivity contribution in [3.8, 4) is 0 Å². The van der Waals surface area contributed by atoms with Gasteiger partial charge in [-0.15, -0.1) is 11.3 Å². The summed E-state index contributed by atoms with van der Waals surface area (Å²) in [4.78, 5) is 13.8. The Morgan fingerprint density at radius 2 is 1.96 bits per heavy atom. The molecule has 0 radical (unpaired) electrons. The van der Waals surface area contributed by atoms with Gasteiger partial charge in [-0.3, -0.25) is 4.79 Å². The van der Waals surface area contributed by atoms with Crippen molar-refractivity contribution in [1.82, 2.24) is 9.62 Å². The molecule has 1 aliphatic heterocycles. The summed E-state index contributed by atoms with van der Waals surface area (Å²) in [6.45, 7) is 2.05. The molecule has 1 aromatic heterocycles. The highest BCUT2D eigenvalue weighted by Gasteiger charge is 2.27. The van der Waals surface area contributed by atoms with E-state index in [4.69, 9.17) is 0 Å². The van der Waals surface area contributed by atoms with Crippen LogP contribution in [-0.4, -0.2) is 44.7 Å². The molecule has 1 saturated heterocycles. The lowest BCUT2D eigenvalue weighted by Gasteiger charge is -2.15. The van der Waals surface area contributed by atoms with Crippen LogP contribution in [0.4, 0.5) is 0 Å². The van der Waals surface area contributed by atoms with Gasteiger partial charge in [0, 0.05) is 30.1 Å². The molecule has 0 amide bonds. The first kappa shape index (κ1) is 18.3. The van der Waals surface area contributed by atoms with Crippen molar-refractivity contribution in [3.63, 3.8) is 0 Å². The van der Waals surface area contributed by atoms with Crippen LogP contribution in [0, 0.1) is 0 Å². The highest BCUT2D eigenvalue weighted by atomic mass is 32.2. The Morgan fingerprint density at radius 1 is 1.16 bits per heavy atom. The predicted octanol–water partition coefficient (Wildman–Crippen LogP) is 2.55. The lowest BCUT2D eigenvalue weighted by atomic mass is 10.1. The summed E-state index contributed by atoms with van der Waals surface area (Å²) >= 11 is 1.70. The predicted molar refractivity (Wildman–Crippen MR) is 99.7 cm³/mol. The number of hydrogen-bond acceptors (Lipinski definition) is 5. The van der Waals surface area contributed by atoms with Gasteiger partial charge in [-0.05, 0) is 42.8 Å². The molecule has 3 rings (SSSR count). The third-order valence-electron chi connectivity index (χ3n) is 4.27. The number of ketones is 1. The molecule has 0 aliphatic carbocycles.